The molecule has 1 aromatic heterocycles. The Bertz CT molecular complexity index is 315. The maximum absolute atomic E-state index is 8.99. The Kier molecular flexibility index (Phi) is 4.52. The van der Waals surface area contributed by atoms with Crippen molar-refractivity contribution >= 4 is 5.82 Å². The molecule has 2 N–H and O–H groups in total. The first-order valence-electron chi connectivity index (χ1n) is 5.01. The lowest BCUT2D eigenvalue weighted by atomic mass is 10.2. The number of aryl methyl sites for hydroxylation is 1. The van der Waals surface area contributed by atoms with Crippen molar-refractivity contribution in [2.45, 2.75) is 26.6 Å². The van der Waals surface area contributed by atoms with Crippen LogP contribution >= 0.6 is 0 Å². The van der Waals surface area contributed by atoms with Crippen LogP contribution in [0, 0.1) is 6.92 Å². The Balaban J connectivity index is 2.59. The van der Waals surface area contributed by atoms with E-state index in [0.717, 1.165) is 23.6 Å². The molecule has 1 unspecified atom stereocenters. The highest BCUT2D eigenvalue weighted by atomic mass is 16.5. The van der Waals surface area contributed by atoms with E-state index in [1.807, 2.05) is 26.0 Å². The zero-order chi connectivity index (χ0) is 11.3. The van der Waals surface area contributed by atoms with Crippen molar-refractivity contribution in [1.29, 1.82) is 0 Å². The highest BCUT2D eigenvalue weighted by Gasteiger charge is 2.02. The van der Waals surface area contributed by atoms with E-state index in [9.17, 15) is 0 Å². The highest BCUT2D eigenvalue weighted by molar-refractivity contribution is 5.38. The third-order valence-electron chi connectivity index (χ3n) is 2.34. The number of aliphatic hydroxyl groups excluding tert-OH is 1. The second-order valence-electron chi connectivity index (χ2n) is 3.53. The number of nitrogens with one attached hydrogen (secondary N) is 1. The van der Waals surface area contributed by atoms with Gasteiger partial charge in [0.05, 0.1) is 12.7 Å². The Morgan fingerprint density at radius 2 is 2.27 bits per heavy atom. The SMILES string of the molecule is COC(C)CNc1ccc(CO)c(C)n1. The second-order valence-corrected chi connectivity index (χ2v) is 3.53. The average molecular weight is 210 g/mol. The zero-order valence-electron chi connectivity index (χ0n) is 9.45. The van der Waals surface area contributed by atoms with Crippen LogP contribution in [-0.2, 0) is 11.3 Å². The zero-order valence-corrected chi connectivity index (χ0v) is 9.45. The molecule has 4 nitrogen and oxygen atoms in total. The fourth-order valence-corrected chi connectivity index (χ4v) is 1.19. The van der Waals surface area contributed by atoms with Crippen LogP contribution in [0.4, 0.5) is 5.82 Å². The summed E-state index contributed by atoms with van der Waals surface area (Å²) >= 11 is 0. The number of anilines is 1. The first kappa shape index (κ1) is 11.9. The molecule has 0 saturated carbocycles. The normalized spacial score (nSPS) is 12.5. The summed E-state index contributed by atoms with van der Waals surface area (Å²) in [6.07, 6.45) is 0.157. The van der Waals surface area contributed by atoms with Gasteiger partial charge in [-0.15, -0.1) is 0 Å². The molecule has 4 heteroatoms. The number of hydrogen-bond donors (Lipinski definition) is 2. The van der Waals surface area contributed by atoms with Crippen LogP contribution in [-0.4, -0.2) is 29.8 Å². The first-order valence-corrected chi connectivity index (χ1v) is 5.01. The summed E-state index contributed by atoms with van der Waals surface area (Å²) in [4.78, 5) is 4.32. The van der Waals surface area contributed by atoms with Crippen LogP contribution in [0.25, 0.3) is 0 Å². The van der Waals surface area contributed by atoms with Gasteiger partial charge < -0.3 is 15.2 Å². The summed E-state index contributed by atoms with van der Waals surface area (Å²) in [7, 11) is 1.68. The van der Waals surface area contributed by atoms with Crippen LogP contribution < -0.4 is 5.32 Å². The largest absolute Gasteiger partial charge is 0.392 e. The molecule has 1 rings (SSSR count). The van der Waals surface area contributed by atoms with Gasteiger partial charge in [-0.25, -0.2) is 4.98 Å². The Morgan fingerprint density at radius 3 is 2.80 bits per heavy atom. The molecule has 0 radical (unpaired) electrons. The topological polar surface area (TPSA) is 54.4 Å². The molecular weight excluding hydrogens is 192 g/mol. The van der Waals surface area contributed by atoms with Gasteiger partial charge in [0.15, 0.2) is 0 Å². The number of aromatic nitrogens is 1. The minimum absolute atomic E-state index is 0.0353. The molecule has 0 bridgehead atoms. The third kappa shape index (κ3) is 3.49. The summed E-state index contributed by atoms with van der Waals surface area (Å²) in [6.45, 7) is 4.63. The number of hydrogen-bond acceptors (Lipinski definition) is 4. The van der Waals surface area contributed by atoms with E-state index < -0.39 is 0 Å². The maximum atomic E-state index is 8.99. The summed E-state index contributed by atoms with van der Waals surface area (Å²) < 4.78 is 5.12. The highest BCUT2D eigenvalue weighted by Crippen LogP contribution is 2.10. The molecule has 1 atom stereocenters. The number of ether oxygens (including phenoxy) is 1. The predicted molar refractivity (Wildman–Crippen MR) is 59.9 cm³/mol. The van der Waals surface area contributed by atoms with Crippen molar-refractivity contribution < 1.29 is 9.84 Å². The van der Waals surface area contributed by atoms with Gasteiger partial charge in [-0.2, -0.15) is 0 Å². The van der Waals surface area contributed by atoms with E-state index in [0.29, 0.717) is 0 Å². The van der Waals surface area contributed by atoms with Gasteiger partial charge in [-0.1, -0.05) is 6.07 Å². The summed E-state index contributed by atoms with van der Waals surface area (Å²) in [5.74, 6) is 0.814. The number of methoxy groups -OCH3 is 1. The Hall–Kier alpha value is -1.13. The molecule has 0 aliphatic heterocycles. The quantitative estimate of drug-likeness (QED) is 0.769. The van der Waals surface area contributed by atoms with Crippen LogP contribution in [0.3, 0.4) is 0 Å². The molecule has 84 valence electrons. The summed E-state index contributed by atoms with van der Waals surface area (Å²) in [5.41, 5.74) is 1.72. The summed E-state index contributed by atoms with van der Waals surface area (Å²) in [6, 6.07) is 3.74. The van der Waals surface area contributed by atoms with E-state index in [1.165, 1.54) is 0 Å². The van der Waals surface area contributed by atoms with Gasteiger partial charge in [-0.05, 0) is 25.5 Å². The molecule has 0 aliphatic carbocycles. The standard InChI is InChI=1S/C11H18N2O2/c1-8(15-3)6-12-11-5-4-10(7-14)9(2)13-11/h4-5,8,14H,6-7H2,1-3H3,(H,12,13). The molecular formula is C11H18N2O2. The van der Waals surface area contributed by atoms with E-state index >= 15 is 0 Å². The van der Waals surface area contributed by atoms with E-state index in [4.69, 9.17) is 9.84 Å². The predicted octanol–water partition coefficient (Wildman–Crippen LogP) is 1.33. The lowest BCUT2D eigenvalue weighted by Gasteiger charge is -2.12. The van der Waals surface area contributed by atoms with Gasteiger partial charge >= 0.3 is 0 Å². The van der Waals surface area contributed by atoms with Gasteiger partial charge in [0.2, 0.25) is 0 Å². The number of rotatable bonds is 5. The second kappa shape index (κ2) is 5.68. The molecule has 0 amide bonds. The fraction of sp³-hybridized carbons (Fsp3) is 0.545. The fourth-order valence-electron chi connectivity index (χ4n) is 1.19. The Labute approximate surface area is 90.3 Å². The van der Waals surface area contributed by atoms with Gasteiger partial charge in [0, 0.05) is 19.3 Å². The first-order chi connectivity index (χ1) is 7.17. The van der Waals surface area contributed by atoms with Crippen molar-refractivity contribution in [3.8, 4) is 0 Å². The van der Waals surface area contributed by atoms with Crippen LogP contribution in [0.1, 0.15) is 18.2 Å². The molecule has 1 heterocycles. The monoisotopic (exact) mass is 210 g/mol. The smallest absolute Gasteiger partial charge is 0.126 e. The molecule has 0 fully saturated rings. The number of pyridine rings is 1. The third-order valence-corrected chi connectivity index (χ3v) is 2.34. The molecule has 1 aromatic rings. The van der Waals surface area contributed by atoms with Crippen LogP contribution in [0.5, 0.6) is 0 Å². The summed E-state index contributed by atoms with van der Waals surface area (Å²) in [5, 5.41) is 12.2. The molecule has 0 aliphatic rings. The lowest BCUT2D eigenvalue weighted by molar-refractivity contribution is 0.128. The van der Waals surface area contributed by atoms with Gasteiger partial charge in [0.25, 0.3) is 0 Å². The van der Waals surface area contributed by atoms with Crippen molar-refractivity contribution in [3.63, 3.8) is 0 Å². The van der Waals surface area contributed by atoms with Crippen LogP contribution in [0.15, 0.2) is 12.1 Å². The lowest BCUT2D eigenvalue weighted by Crippen LogP contribution is -2.18. The van der Waals surface area contributed by atoms with Crippen molar-refractivity contribution in [1.82, 2.24) is 4.98 Å². The van der Waals surface area contributed by atoms with Crippen molar-refractivity contribution in [2.75, 3.05) is 19.0 Å². The average Bonchev–Trinajstić information content (AvgIpc) is 2.26. The maximum Gasteiger partial charge on any atom is 0.126 e. The van der Waals surface area contributed by atoms with E-state index in [-0.39, 0.29) is 12.7 Å². The van der Waals surface area contributed by atoms with Crippen molar-refractivity contribution in [3.05, 3.63) is 23.4 Å². The van der Waals surface area contributed by atoms with Crippen LogP contribution in [0.2, 0.25) is 0 Å². The molecule has 0 saturated heterocycles. The minimum Gasteiger partial charge on any atom is -0.392 e. The van der Waals surface area contributed by atoms with E-state index in [1.54, 1.807) is 7.11 Å². The van der Waals surface area contributed by atoms with Gasteiger partial charge in [-0.3, -0.25) is 0 Å². The Morgan fingerprint density at radius 1 is 1.53 bits per heavy atom. The molecule has 0 aromatic carbocycles. The van der Waals surface area contributed by atoms with Crippen molar-refractivity contribution in [2.24, 2.45) is 0 Å². The van der Waals surface area contributed by atoms with Gasteiger partial charge in [0.1, 0.15) is 5.82 Å². The minimum atomic E-state index is 0.0353. The number of nitrogens with zero attached hydrogens (tertiary/aromatic N) is 1. The number of aliphatic hydroxyl groups is 1. The van der Waals surface area contributed by atoms with E-state index in [2.05, 4.69) is 10.3 Å². The molecule has 15 heavy (non-hydrogen) atoms. The molecule has 0 spiro atoms.